The first-order chi connectivity index (χ1) is 7.29. The summed E-state index contributed by atoms with van der Waals surface area (Å²) in [7, 11) is -3.45. The van der Waals surface area contributed by atoms with Gasteiger partial charge in [0.1, 0.15) is 10.7 Å². The largest absolute Gasteiger partial charge is 0.508 e. The molecule has 0 aliphatic rings. The van der Waals surface area contributed by atoms with Crippen molar-refractivity contribution in [3.05, 3.63) is 29.8 Å². The Hall–Kier alpha value is -0.920. The van der Waals surface area contributed by atoms with Crippen molar-refractivity contribution >= 4 is 31.7 Å². The number of nitrogens with one attached hydrogen (secondary N) is 1. The smallest absolute Gasteiger partial charge is 0.210 e. The molecular weight excluding hydrogens is 298 g/mol. The van der Waals surface area contributed by atoms with E-state index in [1.54, 1.807) is 0 Å². The van der Waals surface area contributed by atoms with E-state index in [9.17, 15) is 13.2 Å². The molecular formula is C9H10BrNO4S. The fourth-order valence-electron chi connectivity index (χ4n) is 1.01. The Bertz CT molecular complexity index is 483. The summed E-state index contributed by atoms with van der Waals surface area (Å²) in [4.78, 5) is 10.7. The van der Waals surface area contributed by atoms with Crippen LogP contribution in [0.2, 0.25) is 0 Å². The summed E-state index contributed by atoms with van der Waals surface area (Å²) in [6.07, 6.45) is 0.964. The van der Waals surface area contributed by atoms with E-state index in [0.717, 1.165) is 6.26 Å². The summed E-state index contributed by atoms with van der Waals surface area (Å²) in [5, 5.41) is 9.03. The number of ketones is 1. The average Bonchev–Trinajstić information content (AvgIpc) is 2.15. The normalized spacial score (nSPS) is 13.4. The number of hydrogen-bond donors (Lipinski definition) is 2. The van der Waals surface area contributed by atoms with Crippen LogP contribution in [0, 0.1) is 0 Å². The zero-order chi connectivity index (χ0) is 12.3. The Morgan fingerprint density at radius 3 is 2.31 bits per heavy atom. The van der Waals surface area contributed by atoms with Crippen molar-refractivity contribution in [3.8, 4) is 5.75 Å². The highest BCUT2D eigenvalue weighted by Gasteiger charge is 2.19. The van der Waals surface area contributed by atoms with Crippen LogP contribution in [0.4, 0.5) is 0 Å². The number of carbonyl (C=O) groups excluding carboxylic acids is 1. The van der Waals surface area contributed by atoms with Gasteiger partial charge in [-0.1, -0.05) is 15.9 Å². The molecule has 5 nitrogen and oxygen atoms in total. The highest BCUT2D eigenvalue weighted by atomic mass is 79.9. The molecule has 0 saturated carbocycles. The van der Waals surface area contributed by atoms with Gasteiger partial charge < -0.3 is 5.11 Å². The van der Waals surface area contributed by atoms with E-state index in [1.807, 2.05) is 0 Å². The molecule has 0 aliphatic carbocycles. The minimum Gasteiger partial charge on any atom is -0.508 e. The van der Waals surface area contributed by atoms with E-state index in [1.165, 1.54) is 24.3 Å². The van der Waals surface area contributed by atoms with Crippen LogP contribution in [0.15, 0.2) is 24.3 Å². The maximum atomic E-state index is 11.7. The van der Waals surface area contributed by atoms with Crippen LogP contribution in [-0.2, 0) is 10.0 Å². The molecule has 0 radical (unpaired) electrons. The van der Waals surface area contributed by atoms with Crippen molar-refractivity contribution < 1.29 is 18.3 Å². The van der Waals surface area contributed by atoms with Crippen LogP contribution < -0.4 is 4.72 Å². The van der Waals surface area contributed by atoms with Crippen molar-refractivity contribution in [1.82, 2.24) is 4.72 Å². The zero-order valence-electron chi connectivity index (χ0n) is 8.34. The SMILES string of the molecule is CS(=O)(=O)NC(Br)C(=O)c1ccc(O)cc1. The third-order valence-electron chi connectivity index (χ3n) is 1.70. The Morgan fingerprint density at radius 2 is 1.88 bits per heavy atom. The molecule has 0 heterocycles. The van der Waals surface area contributed by atoms with Crippen LogP contribution in [0.3, 0.4) is 0 Å². The van der Waals surface area contributed by atoms with Gasteiger partial charge >= 0.3 is 0 Å². The van der Waals surface area contributed by atoms with Gasteiger partial charge in [0.05, 0.1) is 6.26 Å². The Balaban J connectivity index is 2.82. The maximum Gasteiger partial charge on any atom is 0.210 e. The molecule has 1 unspecified atom stereocenters. The number of phenols is 1. The number of benzene rings is 1. The van der Waals surface area contributed by atoms with Gasteiger partial charge in [-0.2, -0.15) is 4.72 Å². The van der Waals surface area contributed by atoms with Crippen LogP contribution in [0.1, 0.15) is 10.4 Å². The highest BCUT2D eigenvalue weighted by molar-refractivity contribution is 9.10. The summed E-state index contributed by atoms with van der Waals surface area (Å²) in [5.41, 5.74) is 0.302. The quantitative estimate of drug-likeness (QED) is 0.490. The molecule has 7 heteroatoms. The van der Waals surface area contributed by atoms with Crippen LogP contribution in [0.25, 0.3) is 0 Å². The third kappa shape index (κ3) is 3.92. The summed E-state index contributed by atoms with van der Waals surface area (Å²) < 4.78 is 23.9. The average molecular weight is 308 g/mol. The number of carbonyl (C=O) groups is 1. The van der Waals surface area contributed by atoms with E-state index in [0.29, 0.717) is 5.56 Å². The number of Topliss-reactive ketones (excluding diaryl/α,β-unsaturated/α-hetero) is 1. The van der Waals surface area contributed by atoms with Crippen molar-refractivity contribution in [2.24, 2.45) is 0 Å². The number of aromatic hydroxyl groups is 1. The first-order valence-electron chi connectivity index (χ1n) is 4.24. The molecule has 2 N–H and O–H groups in total. The topological polar surface area (TPSA) is 83.5 Å². The predicted molar refractivity (Wildman–Crippen MR) is 63.1 cm³/mol. The number of phenolic OH excluding ortho intramolecular Hbond substituents is 1. The molecule has 16 heavy (non-hydrogen) atoms. The van der Waals surface area contributed by atoms with Gasteiger partial charge in [-0.15, -0.1) is 0 Å². The standard InChI is InChI=1S/C9H10BrNO4S/c1-16(14,15)11-9(10)8(13)6-2-4-7(12)5-3-6/h2-5,9,11-12H,1H3. The minimum absolute atomic E-state index is 0.0405. The first kappa shape index (κ1) is 13.1. The lowest BCUT2D eigenvalue weighted by atomic mass is 10.1. The van der Waals surface area contributed by atoms with E-state index < -0.39 is 20.8 Å². The summed E-state index contributed by atoms with van der Waals surface area (Å²) >= 11 is 2.93. The zero-order valence-corrected chi connectivity index (χ0v) is 10.7. The van der Waals surface area contributed by atoms with Crippen molar-refractivity contribution in [1.29, 1.82) is 0 Å². The number of hydrogen-bond acceptors (Lipinski definition) is 4. The molecule has 1 atom stereocenters. The molecule has 0 fully saturated rings. The van der Waals surface area contributed by atoms with Gasteiger partial charge in [-0.3, -0.25) is 4.79 Å². The second kappa shape index (κ2) is 4.94. The van der Waals surface area contributed by atoms with Gasteiger partial charge in [0.2, 0.25) is 10.0 Å². The van der Waals surface area contributed by atoms with Gasteiger partial charge in [0.15, 0.2) is 5.78 Å². The summed E-state index contributed by atoms with van der Waals surface area (Å²) in [5.74, 6) is -0.385. The monoisotopic (exact) mass is 307 g/mol. The Labute approximate surface area is 102 Å². The molecule has 1 aromatic rings. The maximum absolute atomic E-state index is 11.7. The molecule has 0 aliphatic heterocycles. The lowest BCUT2D eigenvalue weighted by Gasteiger charge is -2.09. The van der Waals surface area contributed by atoms with Crippen LogP contribution in [-0.4, -0.2) is 30.5 Å². The molecule has 1 aromatic carbocycles. The lowest BCUT2D eigenvalue weighted by Crippen LogP contribution is -2.35. The number of alkyl halides is 1. The molecule has 0 spiro atoms. The van der Waals surface area contributed by atoms with E-state index in [2.05, 4.69) is 20.7 Å². The van der Waals surface area contributed by atoms with Crippen LogP contribution >= 0.6 is 15.9 Å². The molecule has 1 rings (SSSR count). The Kier molecular flexibility index (Phi) is 4.06. The number of rotatable bonds is 4. The Morgan fingerprint density at radius 1 is 1.38 bits per heavy atom. The van der Waals surface area contributed by atoms with Crippen molar-refractivity contribution in [3.63, 3.8) is 0 Å². The molecule has 88 valence electrons. The van der Waals surface area contributed by atoms with E-state index in [4.69, 9.17) is 5.11 Å². The summed E-state index contributed by atoms with van der Waals surface area (Å²) in [6, 6.07) is 5.53. The highest BCUT2D eigenvalue weighted by Crippen LogP contribution is 2.13. The molecule has 0 bridgehead atoms. The fourth-order valence-corrected chi connectivity index (χ4v) is 2.78. The first-order valence-corrected chi connectivity index (χ1v) is 7.05. The minimum atomic E-state index is -3.45. The lowest BCUT2D eigenvalue weighted by molar-refractivity contribution is 0.0987. The van der Waals surface area contributed by atoms with Crippen molar-refractivity contribution in [2.45, 2.75) is 4.95 Å². The van der Waals surface area contributed by atoms with Crippen LogP contribution in [0.5, 0.6) is 5.75 Å². The number of sulfonamides is 1. The fraction of sp³-hybridized carbons (Fsp3) is 0.222. The number of halogens is 1. The molecule has 0 saturated heterocycles. The van der Waals surface area contributed by atoms with Gasteiger partial charge in [-0.25, -0.2) is 8.42 Å². The van der Waals surface area contributed by atoms with E-state index >= 15 is 0 Å². The van der Waals surface area contributed by atoms with E-state index in [-0.39, 0.29) is 5.75 Å². The van der Waals surface area contributed by atoms with Gasteiger partial charge in [-0.05, 0) is 24.3 Å². The molecule has 0 aromatic heterocycles. The second-order valence-electron chi connectivity index (χ2n) is 3.16. The summed E-state index contributed by atoms with van der Waals surface area (Å²) in [6.45, 7) is 0. The van der Waals surface area contributed by atoms with Gasteiger partial charge in [0, 0.05) is 5.56 Å². The second-order valence-corrected chi connectivity index (χ2v) is 5.86. The predicted octanol–water partition coefficient (Wildman–Crippen LogP) is 0.845. The third-order valence-corrected chi connectivity index (χ3v) is 3.31. The van der Waals surface area contributed by atoms with Crippen molar-refractivity contribution in [2.75, 3.05) is 6.26 Å². The van der Waals surface area contributed by atoms with Gasteiger partial charge in [0.25, 0.3) is 0 Å². The molecule has 0 amide bonds.